The van der Waals surface area contributed by atoms with Crippen LogP contribution in [0.4, 0.5) is 11.5 Å². The molecule has 110 valence electrons. The van der Waals surface area contributed by atoms with Crippen molar-refractivity contribution in [2.75, 3.05) is 24.6 Å². The number of anilines is 1. The molecule has 0 radical (unpaired) electrons. The Labute approximate surface area is 117 Å². The fourth-order valence-corrected chi connectivity index (χ4v) is 3.35. The molecule has 2 aliphatic rings. The number of aryl methyl sites for hydroxylation is 1. The summed E-state index contributed by atoms with van der Waals surface area (Å²) in [6.07, 6.45) is 6.71. The molecule has 7 heteroatoms. The molecule has 0 aromatic carbocycles. The summed E-state index contributed by atoms with van der Waals surface area (Å²) < 4.78 is 7.59. The molecule has 0 unspecified atom stereocenters. The Hall–Kier alpha value is -1.63. The summed E-state index contributed by atoms with van der Waals surface area (Å²) in [7, 11) is 1.75. The fourth-order valence-electron chi connectivity index (χ4n) is 3.35. The van der Waals surface area contributed by atoms with Crippen LogP contribution in [0.2, 0.25) is 0 Å². The third-order valence-electron chi connectivity index (χ3n) is 4.49. The van der Waals surface area contributed by atoms with Gasteiger partial charge in [0, 0.05) is 26.7 Å². The normalized spacial score (nSPS) is 22.1. The van der Waals surface area contributed by atoms with E-state index in [1.165, 1.54) is 12.6 Å². The SMILES string of the molecule is Cn1ncc([N+](=O)[O-])c1N1CCC2(CCCCO2)CC1. The van der Waals surface area contributed by atoms with Crippen LogP contribution >= 0.6 is 0 Å². The van der Waals surface area contributed by atoms with Gasteiger partial charge in [0.1, 0.15) is 6.20 Å². The standard InChI is InChI=1S/C13H20N4O3/c1-15-12(11(10-14-15)17(18)19)16-7-5-13(6-8-16)4-2-3-9-20-13/h10H,2-9H2,1H3. The first kappa shape index (κ1) is 13.4. The molecule has 0 saturated carbocycles. The summed E-state index contributed by atoms with van der Waals surface area (Å²) in [5.41, 5.74) is 0.107. The maximum Gasteiger partial charge on any atom is 0.331 e. The highest BCUT2D eigenvalue weighted by atomic mass is 16.6. The molecule has 3 heterocycles. The van der Waals surface area contributed by atoms with Gasteiger partial charge in [-0.25, -0.2) is 4.68 Å². The first-order valence-corrected chi connectivity index (χ1v) is 7.17. The van der Waals surface area contributed by atoms with Crippen molar-refractivity contribution >= 4 is 11.5 Å². The highest BCUT2D eigenvalue weighted by Crippen LogP contribution is 2.37. The second kappa shape index (κ2) is 5.05. The first-order chi connectivity index (χ1) is 9.61. The lowest BCUT2D eigenvalue weighted by molar-refractivity contribution is -0.384. The Bertz CT molecular complexity index is 498. The van der Waals surface area contributed by atoms with Crippen LogP contribution in [0.15, 0.2) is 6.20 Å². The molecule has 3 rings (SSSR count). The number of rotatable bonds is 2. The molecule has 0 aliphatic carbocycles. The molecule has 0 bridgehead atoms. The van der Waals surface area contributed by atoms with Crippen LogP contribution in [0.1, 0.15) is 32.1 Å². The predicted molar refractivity (Wildman–Crippen MR) is 73.8 cm³/mol. The minimum absolute atomic E-state index is 0.0160. The molecule has 2 aliphatic heterocycles. The summed E-state index contributed by atoms with van der Waals surface area (Å²) >= 11 is 0. The van der Waals surface area contributed by atoms with Crippen molar-refractivity contribution in [3.8, 4) is 0 Å². The number of hydrogen-bond donors (Lipinski definition) is 0. The van der Waals surface area contributed by atoms with Gasteiger partial charge < -0.3 is 9.64 Å². The van der Waals surface area contributed by atoms with E-state index < -0.39 is 0 Å². The van der Waals surface area contributed by atoms with Gasteiger partial charge in [0.05, 0.1) is 10.5 Å². The summed E-state index contributed by atoms with van der Waals surface area (Å²) in [5.74, 6) is 0.612. The van der Waals surface area contributed by atoms with Crippen LogP contribution < -0.4 is 4.90 Å². The van der Waals surface area contributed by atoms with E-state index in [0.717, 1.165) is 45.4 Å². The third-order valence-corrected chi connectivity index (χ3v) is 4.49. The van der Waals surface area contributed by atoms with Gasteiger partial charge in [-0.1, -0.05) is 0 Å². The minimum Gasteiger partial charge on any atom is -0.375 e. The van der Waals surface area contributed by atoms with E-state index in [-0.39, 0.29) is 16.2 Å². The van der Waals surface area contributed by atoms with Crippen molar-refractivity contribution in [3.05, 3.63) is 16.3 Å². The Kier molecular flexibility index (Phi) is 3.37. The Balaban J connectivity index is 1.75. The van der Waals surface area contributed by atoms with Crippen LogP contribution in [-0.2, 0) is 11.8 Å². The molecule has 1 aromatic heterocycles. The van der Waals surface area contributed by atoms with Crippen molar-refractivity contribution in [1.29, 1.82) is 0 Å². The van der Waals surface area contributed by atoms with Crippen LogP contribution in [0.3, 0.4) is 0 Å². The van der Waals surface area contributed by atoms with Gasteiger partial charge in [-0.05, 0) is 32.1 Å². The number of ether oxygens (including phenoxy) is 1. The molecule has 0 N–H and O–H groups in total. The van der Waals surface area contributed by atoms with Crippen molar-refractivity contribution in [2.24, 2.45) is 7.05 Å². The maximum atomic E-state index is 11.1. The Morgan fingerprint density at radius 2 is 2.10 bits per heavy atom. The molecule has 2 saturated heterocycles. The molecule has 7 nitrogen and oxygen atoms in total. The molecular weight excluding hydrogens is 260 g/mol. The highest BCUT2D eigenvalue weighted by molar-refractivity contribution is 5.57. The Morgan fingerprint density at radius 3 is 2.70 bits per heavy atom. The molecule has 20 heavy (non-hydrogen) atoms. The second-order valence-electron chi connectivity index (χ2n) is 5.71. The van der Waals surface area contributed by atoms with Gasteiger partial charge in [0.15, 0.2) is 0 Å². The highest BCUT2D eigenvalue weighted by Gasteiger charge is 2.38. The van der Waals surface area contributed by atoms with E-state index in [1.807, 2.05) is 0 Å². The fraction of sp³-hybridized carbons (Fsp3) is 0.769. The van der Waals surface area contributed by atoms with Crippen molar-refractivity contribution in [2.45, 2.75) is 37.7 Å². The third kappa shape index (κ3) is 2.26. The molecule has 0 atom stereocenters. The average molecular weight is 280 g/mol. The number of nitro groups is 1. The van der Waals surface area contributed by atoms with Crippen LogP contribution in [-0.4, -0.2) is 40.0 Å². The zero-order valence-corrected chi connectivity index (χ0v) is 11.7. The van der Waals surface area contributed by atoms with E-state index in [2.05, 4.69) is 10.00 Å². The quantitative estimate of drug-likeness (QED) is 0.610. The number of hydrogen-bond acceptors (Lipinski definition) is 5. The lowest BCUT2D eigenvalue weighted by Gasteiger charge is -2.44. The van der Waals surface area contributed by atoms with Crippen LogP contribution in [0.25, 0.3) is 0 Å². The van der Waals surface area contributed by atoms with E-state index in [1.54, 1.807) is 11.7 Å². The van der Waals surface area contributed by atoms with Crippen LogP contribution in [0, 0.1) is 10.1 Å². The lowest BCUT2D eigenvalue weighted by Crippen LogP contribution is -2.48. The summed E-state index contributed by atoms with van der Waals surface area (Å²) in [4.78, 5) is 12.8. The lowest BCUT2D eigenvalue weighted by atomic mass is 9.84. The summed E-state index contributed by atoms with van der Waals surface area (Å²) in [5, 5.41) is 15.1. The largest absolute Gasteiger partial charge is 0.375 e. The monoisotopic (exact) mass is 280 g/mol. The molecular formula is C13H20N4O3. The van der Waals surface area contributed by atoms with Gasteiger partial charge in [-0.2, -0.15) is 5.10 Å². The molecule has 0 amide bonds. The van der Waals surface area contributed by atoms with E-state index >= 15 is 0 Å². The Morgan fingerprint density at radius 1 is 1.35 bits per heavy atom. The first-order valence-electron chi connectivity index (χ1n) is 7.17. The van der Waals surface area contributed by atoms with Gasteiger partial charge in [0.25, 0.3) is 0 Å². The smallest absolute Gasteiger partial charge is 0.331 e. The van der Waals surface area contributed by atoms with Gasteiger partial charge in [0.2, 0.25) is 5.82 Å². The van der Waals surface area contributed by atoms with Gasteiger partial charge >= 0.3 is 5.69 Å². The summed E-state index contributed by atoms with van der Waals surface area (Å²) in [6.45, 7) is 2.44. The zero-order chi connectivity index (χ0) is 14.2. The second-order valence-corrected chi connectivity index (χ2v) is 5.71. The number of aromatic nitrogens is 2. The predicted octanol–water partition coefficient (Wildman–Crippen LogP) is 1.87. The number of piperidine rings is 1. The van der Waals surface area contributed by atoms with Gasteiger partial charge in [-0.15, -0.1) is 0 Å². The molecule has 1 aromatic rings. The molecule has 1 spiro atoms. The van der Waals surface area contributed by atoms with E-state index in [9.17, 15) is 10.1 Å². The summed E-state index contributed by atoms with van der Waals surface area (Å²) in [6, 6.07) is 0. The maximum absolute atomic E-state index is 11.1. The topological polar surface area (TPSA) is 73.4 Å². The van der Waals surface area contributed by atoms with Crippen molar-refractivity contribution in [1.82, 2.24) is 9.78 Å². The molecule has 2 fully saturated rings. The van der Waals surface area contributed by atoms with Gasteiger partial charge in [-0.3, -0.25) is 10.1 Å². The van der Waals surface area contributed by atoms with E-state index in [4.69, 9.17) is 4.74 Å². The van der Waals surface area contributed by atoms with Crippen LogP contribution in [0.5, 0.6) is 0 Å². The zero-order valence-electron chi connectivity index (χ0n) is 11.7. The van der Waals surface area contributed by atoms with Crippen molar-refractivity contribution < 1.29 is 9.66 Å². The number of nitrogens with zero attached hydrogens (tertiary/aromatic N) is 4. The average Bonchev–Trinajstić information content (AvgIpc) is 2.83. The van der Waals surface area contributed by atoms with Crippen molar-refractivity contribution in [3.63, 3.8) is 0 Å². The van der Waals surface area contributed by atoms with E-state index in [0.29, 0.717) is 5.82 Å². The minimum atomic E-state index is -0.357.